The largest absolute Gasteiger partial charge is 0.347 e. The van der Waals surface area contributed by atoms with Crippen molar-refractivity contribution in [3.8, 4) is 0 Å². The molecule has 1 aliphatic heterocycles. The van der Waals surface area contributed by atoms with Gasteiger partial charge in [0, 0.05) is 50.3 Å². The second kappa shape index (κ2) is 7.97. The quantitative estimate of drug-likeness (QED) is 0.730. The Morgan fingerprint density at radius 3 is 2.75 bits per heavy atom. The molecule has 3 aliphatic rings. The highest BCUT2D eigenvalue weighted by molar-refractivity contribution is 5.85. The zero-order valence-corrected chi connectivity index (χ0v) is 18.5. The van der Waals surface area contributed by atoms with Gasteiger partial charge in [0.1, 0.15) is 17.6 Å². The third kappa shape index (κ3) is 3.69. The average molecular weight is 446 g/mol. The Morgan fingerprint density at radius 2 is 2.00 bits per heavy atom. The van der Waals surface area contributed by atoms with Gasteiger partial charge in [-0.2, -0.15) is 18.9 Å². The number of hydrogen-bond acceptors (Lipinski definition) is 6. The Kier molecular flexibility index (Phi) is 5.25. The standard InChI is InChI=1S/C22H29F2N7O/c1-30(2)20(32)16-8-5-11-31(16)21-26-18-14(9-10-22(18,23)24)19(27-21)25-17-12-15(28-29-17)13-6-3-4-7-13/h12-13,16H,3-11H2,1-2H3,(H2,25,26,27,28,29)/t16-/m1/s1. The van der Waals surface area contributed by atoms with Crippen LogP contribution in [0.2, 0.25) is 0 Å². The highest BCUT2D eigenvalue weighted by Crippen LogP contribution is 2.44. The molecule has 0 spiro atoms. The van der Waals surface area contributed by atoms with Gasteiger partial charge in [-0.3, -0.25) is 9.89 Å². The first-order valence-corrected chi connectivity index (χ1v) is 11.4. The Balaban J connectivity index is 1.49. The minimum absolute atomic E-state index is 0.0682. The van der Waals surface area contributed by atoms with E-state index in [2.05, 4.69) is 25.5 Å². The second-order valence-electron chi connectivity index (χ2n) is 9.30. The molecule has 0 aromatic carbocycles. The minimum Gasteiger partial charge on any atom is -0.347 e. The number of nitrogens with one attached hydrogen (secondary N) is 2. The molecule has 172 valence electrons. The monoisotopic (exact) mass is 445 g/mol. The number of aromatic amines is 1. The van der Waals surface area contributed by atoms with Gasteiger partial charge in [-0.1, -0.05) is 12.8 Å². The van der Waals surface area contributed by atoms with Crippen molar-refractivity contribution in [3.63, 3.8) is 0 Å². The molecule has 10 heteroatoms. The van der Waals surface area contributed by atoms with Crippen LogP contribution in [0.15, 0.2) is 6.07 Å². The lowest BCUT2D eigenvalue weighted by Crippen LogP contribution is -2.43. The number of amides is 1. The fraction of sp³-hybridized carbons (Fsp3) is 0.636. The van der Waals surface area contributed by atoms with E-state index in [9.17, 15) is 13.6 Å². The highest BCUT2D eigenvalue weighted by Gasteiger charge is 2.44. The summed E-state index contributed by atoms with van der Waals surface area (Å²) in [5.74, 6) is -1.51. The van der Waals surface area contributed by atoms with Crippen molar-refractivity contribution >= 4 is 23.5 Å². The molecule has 32 heavy (non-hydrogen) atoms. The molecule has 2 N–H and O–H groups in total. The number of H-pyrrole nitrogens is 1. The molecule has 1 amide bonds. The van der Waals surface area contributed by atoms with Crippen molar-refractivity contribution in [2.24, 2.45) is 0 Å². The summed E-state index contributed by atoms with van der Waals surface area (Å²) in [6, 6.07) is 1.51. The fourth-order valence-corrected chi connectivity index (χ4v) is 5.17. The Morgan fingerprint density at radius 1 is 1.22 bits per heavy atom. The van der Waals surface area contributed by atoms with Gasteiger partial charge in [-0.15, -0.1) is 0 Å². The van der Waals surface area contributed by atoms with E-state index < -0.39 is 12.0 Å². The summed E-state index contributed by atoms with van der Waals surface area (Å²) in [5, 5.41) is 10.6. The molecule has 8 nitrogen and oxygen atoms in total. The molecule has 2 aromatic heterocycles. The van der Waals surface area contributed by atoms with Crippen molar-refractivity contribution in [3.05, 3.63) is 23.0 Å². The molecule has 3 heterocycles. The van der Waals surface area contributed by atoms with Gasteiger partial charge in [0.25, 0.3) is 5.92 Å². The number of hydrogen-bond donors (Lipinski definition) is 2. The lowest BCUT2D eigenvalue weighted by Gasteiger charge is -2.27. The number of anilines is 3. The number of likely N-dealkylation sites (N-methyl/N-ethyl adjacent to an activating group) is 1. The average Bonchev–Trinajstić information content (AvgIpc) is 3.54. The summed E-state index contributed by atoms with van der Waals surface area (Å²) in [6.45, 7) is 0.558. The molecule has 0 bridgehead atoms. The molecule has 2 aromatic rings. The van der Waals surface area contributed by atoms with Gasteiger partial charge < -0.3 is 15.1 Å². The summed E-state index contributed by atoms with van der Waals surface area (Å²) < 4.78 is 29.4. The van der Waals surface area contributed by atoms with Crippen LogP contribution in [0.1, 0.15) is 67.8 Å². The van der Waals surface area contributed by atoms with Crippen LogP contribution in [0.5, 0.6) is 0 Å². The van der Waals surface area contributed by atoms with Crippen LogP contribution < -0.4 is 10.2 Å². The number of carbonyl (C=O) groups is 1. The molecule has 1 atom stereocenters. The molecule has 1 saturated carbocycles. The number of rotatable bonds is 5. The zero-order valence-electron chi connectivity index (χ0n) is 18.5. The maximum Gasteiger partial charge on any atom is 0.290 e. The van der Waals surface area contributed by atoms with Crippen LogP contribution in [-0.2, 0) is 17.1 Å². The van der Waals surface area contributed by atoms with Gasteiger partial charge >= 0.3 is 0 Å². The first-order chi connectivity index (χ1) is 15.3. The summed E-state index contributed by atoms with van der Waals surface area (Å²) in [6.07, 6.45) is 6.05. The van der Waals surface area contributed by atoms with E-state index in [0.717, 1.165) is 25.0 Å². The van der Waals surface area contributed by atoms with E-state index >= 15 is 0 Å². The Hall–Kier alpha value is -2.78. The smallest absolute Gasteiger partial charge is 0.290 e. The van der Waals surface area contributed by atoms with E-state index in [1.807, 2.05) is 6.07 Å². The molecule has 2 fully saturated rings. The second-order valence-corrected chi connectivity index (χ2v) is 9.30. The van der Waals surface area contributed by atoms with Gasteiger partial charge in [0.05, 0.1) is 0 Å². The lowest BCUT2D eigenvalue weighted by atomic mass is 10.0. The summed E-state index contributed by atoms with van der Waals surface area (Å²) >= 11 is 0. The van der Waals surface area contributed by atoms with E-state index in [0.29, 0.717) is 36.1 Å². The number of aromatic nitrogens is 4. The highest BCUT2D eigenvalue weighted by atomic mass is 19.3. The van der Waals surface area contributed by atoms with Crippen LogP contribution in [0.4, 0.5) is 26.4 Å². The number of carbonyl (C=O) groups excluding carboxylic acids is 1. The summed E-state index contributed by atoms with van der Waals surface area (Å²) in [4.78, 5) is 24.8. The number of nitrogens with zero attached hydrogens (tertiary/aromatic N) is 5. The van der Waals surface area contributed by atoms with Gasteiger partial charge in [-0.25, -0.2) is 4.98 Å². The van der Waals surface area contributed by atoms with Crippen molar-refractivity contribution < 1.29 is 13.6 Å². The molecule has 1 saturated heterocycles. The molecular formula is C22H29F2N7O. The van der Waals surface area contributed by atoms with Crippen molar-refractivity contribution in [1.82, 2.24) is 25.1 Å². The van der Waals surface area contributed by atoms with Crippen LogP contribution in [-0.4, -0.2) is 57.7 Å². The topological polar surface area (TPSA) is 90.0 Å². The number of halogens is 2. The molecular weight excluding hydrogens is 416 g/mol. The third-order valence-electron chi connectivity index (χ3n) is 6.91. The van der Waals surface area contributed by atoms with Crippen LogP contribution >= 0.6 is 0 Å². The molecule has 2 aliphatic carbocycles. The van der Waals surface area contributed by atoms with E-state index in [-0.39, 0.29) is 30.4 Å². The first-order valence-electron chi connectivity index (χ1n) is 11.4. The van der Waals surface area contributed by atoms with Crippen LogP contribution in [0.3, 0.4) is 0 Å². The van der Waals surface area contributed by atoms with Crippen LogP contribution in [0, 0.1) is 0 Å². The van der Waals surface area contributed by atoms with Gasteiger partial charge in [0.2, 0.25) is 11.9 Å². The normalized spacial score (nSPS) is 22.4. The summed E-state index contributed by atoms with van der Waals surface area (Å²) in [7, 11) is 3.39. The lowest BCUT2D eigenvalue weighted by molar-refractivity contribution is -0.129. The zero-order chi connectivity index (χ0) is 22.5. The predicted octanol–water partition coefficient (Wildman–Crippen LogP) is 3.70. The molecule has 0 unspecified atom stereocenters. The Bertz CT molecular complexity index is 1020. The minimum atomic E-state index is -3.01. The van der Waals surface area contributed by atoms with Crippen molar-refractivity contribution in [2.45, 2.75) is 69.2 Å². The molecule has 5 rings (SSSR count). The SMILES string of the molecule is CN(C)C(=O)[C@H]1CCCN1c1nc(Nc2cc(C3CCCC3)[nH]n2)c2c(n1)C(F)(F)CC2. The fourth-order valence-electron chi connectivity index (χ4n) is 5.17. The maximum absolute atomic E-state index is 14.7. The molecule has 0 radical (unpaired) electrons. The van der Waals surface area contributed by atoms with Crippen LogP contribution in [0.25, 0.3) is 0 Å². The Labute approximate surface area is 185 Å². The van der Waals surface area contributed by atoms with Gasteiger partial charge in [-0.05, 0) is 32.1 Å². The van der Waals surface area contributed by atoms with Gasteiger partial charge in [0.15, 0.2) is 5.82 Å². The van der Waals surface area contributed by atoms with E-state index in [1.165, 1.54) is 17.7 Å². The first kappa shape index (κ1) is 21.1. The number of fused-ring (bicyclic) bond motifs is 1. The van der Waals surface area contributed by atoms with E-state index in [1.54, 1.807) is 19.0 Å². The van der Waals surface area contributed by atoms with Crippen molar-refractivity contribution in [1.29, 1.82) is 0 Å². The van der Waals surface area contributed by atoms with E-state index in [4.69, 9.17) is 0 Å². The van der Waals surface area contributed by atoms with Crippen molar-refractivity contribution in [2.75, 3.05) is 30.9 Å². The summed E-state index contributed by atoms with van der Waals surface area (Å²) in [5.41, 5.74) is 1.26. The predicted molar refractivity (Wildman–Crippen MR) is 116 cm³/mol. The maximum atomic E-state index is 14.7. The number of alkyl halides is 2. The third-order valence-corrected chi connectivity index (χ3v) is 6.91.